The molecule has 0 saturated carbocycles. The van der Waals surface area contributed by atoms with E-state index in [2.05, 4.69) is 17.0 Å². The SMILES string of the molecule is C=CCOc1ccc(C2CC(=O)Nc3c2c(C)nn3C)cc1OC. The molecule has 1 aliphatic rings. The molecule has 1 aromatic carbocycles. The van der Waals surface area contributed by atoms with Crippen molar-refractivity contribution in [3.63, 3.8) is 0 Å². The lowest BCUT2D eigenvalue weighted by molar-refractivity contribution is -0.116. The summed E-state index contributed by atoms with van der Waals surface area (Å²) in [7, 11) is 3.44. The third kappa shape index (κ3) is 2.75. The molecule has 1 unspecified atom stereocenters. The van der Waals surface area contributed by atoms with Gasteiger partial charge in [0.05, 0.1) is 12.8 Å². The van der Waals surface area contributed by atoms with Crippen molar-refractivity contribution in [2.24, 2.45) is 7.05 Å². The van der Waals surface area contributed by atoms with Gasteiger partial charge in [-0.05, 0) is 24.6 Å². The number of rotatable bonds is 5. The summed E-state index contributed by atoms with van der Waals surface area (Å²) in [6.07, 6.45) is 2.07. The highest BCUT2D eigenvalue weighted by Gasteiger charge is 2.31. The number of nitrogens with one attached hydrogen (secondary N) is 1. The van der Waals surface area contributed by atoms with E-state index < -0.39 is 0 Å². The van der Waals surface area contributed by atoms with Crippen LogP contribution in [0.25, 0.3) is 0 Å². The van der Waals surface area contributed by atoms with Gasteiger partial charge in [0, 0.05) is 24.9 Å². The third-order valence-corrected chi connectivity index (χ3v) is 4.21. The molecule has 1 N–H and O–H groups in total. The van der Waals surface area contributed by atoms with Crippen LogP contribution in [0.5, 0.6) is 11.5 Å². The largest absolute Gasteiger partial charge is 0.493 e. The van der Waals surface area contributed by atoms with Crippen molar-refractivity contribution in [3.05, 3.63) is 47.7 Å². The Bertz CT molecular complexity index is 795. The molecule has 24 heavy (non-hydrogen) atoms. The zero-order valence-electron chi connectivity index (χ0n) is 14.1. The van der Waals surface area contributed by atoms with Gasteiger partial charge in [0.25, 0.3) is 0 Å². The molecule has 0 saturated heterocycles. The molecule has 2 aromatic rings. The average Bonchev–Trinajstić information content (AvgIpc) is 2.86. The Morgan fingerprint density at radius 3 is 2.96 bits per heavy atom. The second kappa shape index (κ2) is 6.39. The fraction of sp³-hybridized carbons (Fsp3) is 0.333. The number of carbonyl (C=O) groups excluding carboxylic acids is 1. The van der Waals surface area contributed by atoms with Crippen LogP contribution >= 0.6 is 0 Å². The molecule has 2 heterocycles. The number of amides is 1. The number of carbonyl (C=O) groups is 1. The Kier molecular flexibility index (Phi) is 4.29. The fourth-order valence-electron chi connectivity index (χ4n) is 3.16. The zero-order chi connectivity index (χ0) is 17.3. The topological polar surface area (TPSA) is 65.4 Å². The standard InChI is InChI=1S/C18H21N3O3/c1-5-8-24-14-7-6-12(9-15(14)23-4)13-10-16(22)19-18-17(13)11(2)20-21(18)3/h5-7,9,13H,1,8,10H2,2-4H3,(H,19,22). The van der Waals surface area contributed by atoms with Crippen LogP contribution in [0.4, 0.5) is 5.82 Å². The summed E-state index contributed by atoms with van der Waals surface area (Å²) in [6.45, 7) is 6.02. The van der Waals surface area contributed by atoms with Crippen LogP contribution in [0.2, 0.25) is 0 Å². The van der Waals surface area contributed by atoms with E-state index in [0.717, 1.165) is 22.6 Å². The minimum Gasteiger partial charge on any atom is -0.493 e. The number of nitrogens with zero attached hydrogens (tertiary/aromatic N) is 2. The number of methoxy groups -OCH3 is 1. The van der Waals surface area contributed by atoms with Crippen molar-refractivity contribution in [2.75, 3.05) is 19.0 Å². The van der Waals surface area contributed by atoms with E-state index >= 15 is 0 Å². The molecule has 1 atom stereocenters. The molecule has 3 rings (SSSR count). The molecule has 6 nitrogen and oxygen atoms in total. The number of hydrogen-bond acceptors (Lipinski definition) is 4. The van der Waals surface area contributed by atoms with E-state index in [1.165, 1.54) is 0 Å². The minimum atomic E-state index is -0.0511. The fourth-order valence-corrected chi connectivity index (χ4v) is 3.16. The van der Waals surface area contributed by atoms with Crippen LogP contribution < -0.4 is 14.8 Å². The second-order valence-corrected chi connectivity index (χ2v) is 5.79. The summed E-state index contributed by atoms with van der Waals surface area (Å²) in [5.41, 5.74) is 2.98. The molecule has 0 aliphatic carbocycles. The molecule has 6 heteroatoms. The molecule has 0 spiro atoms. The molecule has 1 amide bonds. The summed E-state index contributed by atoms with van der Waals surface area (Å²) in [5.74, 6) is 2.00. The summed E-state index contributed by atoms with van der Waals surface area (Å²) in [6, 6.07) is 5.77. The van der Waals surface area contributed by atoms with Gasteiger partial charge in [-0.2, -0.15) is 5.10 Å². The molecule has 1 aromatic heterocycles. The molecular weight excluding hydrogens is 306 g/mol. The van der Waals surface area contributed by atoms with Crippen molar-refractivity contribution < 1.29 is 14.3 Å². The Labute approximate surface area is 141 Å². The van der Waals surface area contributed by atoms with Crippen LogP contribution in [0, 0.1) is 6.92 Å². The summed E-state index contributed by atoms with van der Waals surface area (Å²) >= 11 is 0. The van der Waals surface area contributed by atoms with Gasteiger partial charge in [-0.15, -0.1) is 0 Å². The van der Waals surface area contributed by atoms with Gasteiger partial charge in [-0.25, -0.2) is 0 Å². The highest BCUT2D eigenvalue weighted by molar-refractivity contribution is 5.94. The number of aryl methyl sites for hydroxylation is 2. The van der Waals surface area contributed by atoms with Gasteiger partial charge in [-0.3, -0.25) is 9.48 Å². The molecule has 1 aliphatic heterocycles. The summed E-state index contributed by atoms with van der Waals surface area (Å²) in [4.78, 5) is 12.1. The first-order chi connectivity index (χ1) is 11.5. The predicted molar refractivity (Wildman–Crippen MR) is 91.7 cm³/mol. The summed E-state index contributed by atoms with van der Waals surface area (Å²) < 4.78 is 12.8. The van der Waals surface area contributed by atoms with Crippen LogP contribution in [-0.4, -0.2) is 29.4 Å². The lowest BCUT2D eigenvalue weighted by atomic mass is 9.85. The van der Waals surface area contributed by atoms with Crippen molar-refractivity contribution in [3.8, 4) is 11.5 Å². The van der Waals surface area contributed by atoms with Crippen molar-refractivity contribution in [1.82, 2.24) is 9.78 Å². The van der Waals surface area contributed by atoms with Gasteiger partial charge in [0.2, 0.25) is 5.91 Å². The van der Waals surface area contributed by atoms with E-state index in [-0.39, 0.29) is 11.8 Å². The van der Waals surface area contributed by atoms with Crippen molar-refractivity contribution in [1.29, 1.82) is 0 Å². The van der Waals surface area contributed by atoms with Gasteiger partial charge >= 0.3 is 0 Å². The van der Waals surface area contributed by atoms with Gasteiger partial charge in [0.15, 0.2) is 11.5 Å². The van der Waals surface area contributed by atoms with E-state index in [1.807, 2.05) is 32.2 Å². The smallest absolute Gasteiger partial charge is 0.226 e. The van der Waals surface area contributed by atoms with E-state index in [9.17, 15) is 4.79 Å². The molecule has 0 fully saturated rings. The normalized spacial score (nSPS) is 16.3. The Morgan fingerprint density at radius 1 is 1.46 bits per heavy atom. The van der Waals surface area contributed by atoms with Crippen LogP contribution in [0.15, 0.2) is 30.9 Å². The van der Waals surface area contributed by atoms with E-state index in [1.54, 1.807) is 17.9 Å². The lowest BCUT2D eigenvalue weighted by Crippen LogP contribution is -2.24. The number of benzene rings is 1. The minimum absolute atomic E-state index is 0.0125. The molecular formula is C18H21N3O3. The number of aromatic nitrogens is 2. The van der Waals surface area contributed by atoms with E-state index in [0.29, 0.717) is 24.5 Å². The van der Waals surface area contributed by atoms with Crippen LogP contribution in [-0.2, 0) is 11.8 Å². The maximum Gasteiger partial charge on any atom is 0.226 e. The monoisotopic (exact) mass is 327 g/mol. The highest BCUT2D eigenvalue weighted by Crippen LogP contribution is 2.41. The number of anilines is 1. The first-order valence-corrected chi connectivity index (χ1v) is 7.80. The van der Waals surface area contributed by atoms with Gasteiger partial charge in [-0.1, -0.05) is 18.7 Å². The first-order valence-electron chi connectivity index (χ1n) is 7.80. The predicted octanol–water partition coefficient (Wildman–Crippen LogP) is 2.78. The van der Waals surface area contributed by atoms with Crippen molar-refractivity contribution in [2.45, 2.75) is 19.3 Å². The number of ether oxygens (including phenoxy) is 2. The average molecular weight is 327 g/mol. The van der Waals surface area contributed by atoms with Crippen LogP contribution in [0.1, 0.15) is 29.2 Å². The van der Waals surface area contributed by atoms with E-state index in [4.69, 9.17) is 9.47 Å². The first kappa shape index (κ1) is 16.1. The third-order valence-electron chi connectivity index (χ3n) is 4.21. The van der Waals surface area contributed by atoms with Crippen molar-refractivity contribution >= 4 is 11.7 Å². The Morgan fingerprint density at radius 2 is 2.25 bits per heavy atom. The van der Waals surface area contributed by atoms with Crippen LogP contribution in [0.3, 0.4) is 0 Å². The second-order valence-electron chi connectivity index (χ2n) is 5.79. The zero-order valence-corrected chi connectivity index (χ0v) is 14.1. The lowest BCUT2D eigenvalue weighted by Gasteiger charge is -2.24. The highest BCUT2D eigenvalue weighted by atomic mass is 16.5. The molecule has 0 radical (unpaired) electrons. The Hall–Kier alpha value is -2.76. The molecule has 0 bridgehead atoms. The summed E-state index contributed by atoms with van der Waals surface area (Å²) in [5, 5.41) is 7.35. The Balaban J connectivity index is 2.03. The molecule has 126 valence electrons. The quantitative estimate of drug-likeness (QED) is 0.858. The van der Waals surface area contributed by atoms with Gasteiger partial charge < -0.3 is 14.8 Å². The number of hydrogen-bond donors (Lipinski definition) is 1. The maximum absolute atomic E-state index is 12.1. The van der Waals surface area contributed by atoms with Gasteiger partial charge in [0.1, 0.15) is 12.4 Å². The number of fused-ring (bicyclic) bond motifs is 1. The maximum atomic E-state index is 12.1.